The number of carbonyl (C=O) groups excluding carboxylic acids is 2. The number of aryl methyl sites for hydroxylation is 1. The molecule has 1 aromatic heterocycles. The number of pyridine rings is 1. The van der Waals surface area contributed by atoms with Gasteiger partial charge in [-0.25, -0.2) is 0 Å². The molecule has 2 N–H and O–H groups in total. The van der Waals surface area contributed by atoms with E-state index in [9.17, 15) is 14.4 Å². The minimum absolute atomic E-state index is 0.0873. The fraction of sp³-hybridized carbons (Fsp3) is 0.261. The maximum Gasteiger partial charge on any atom is 0.248 e. The van der Waals surface area contributed by atoms with Crippen molar-refractivity contribution in [3.63, 3.8) is 0 Å². The van der Waals surface area contributed by atoms with Crippen molar-refractivity contribution in [1.29, 1.82) is 0 Å². The average Bonchev–Trinajstić information content (AvgIpc) is 3.14. The van der Waals surface area contributed by atoms with Gasteiger partial charge in [0.25, 0.3) is 0 Å². The number of rotatable bonds is 5. The number of nitrogens with one attached hydrogen (secondary N) is 2. The normalized spacial score (nSPS) is 16.1. The fourth-order valence-electron chi connectivity index (χ4n) is 3.84. The van der Waals surface area contributed by atoms with Crippen LogP contribution < -0.4 is 20.5 Å². The van der Waals surface area contributed by atoms with Gasteiger partial charge in [0.05, 0.1) is 18.5 Å². The van der Waals surface area contributed by atoms with Crippen LogP contribution >= 0.6 is 0 Å². The first-order valence-electron chi connectivity index (χ1n) is 9.89. The van der Waals surface area contributed by atoms with E-state index in [4.69, 9.17) is 4.74 Å². The van der Waals surface area contributed by atoms with E-state index in [1.807, 2.05) is 31.2 Å². The van der Waals surface area contributed by atoms with Crippen LogP contribution in [-0.4, -0.2) is 30.5 Å². The summed E-state index contributed by atoms with van der Waals surface area (Å²) in [7, 11) is 1.59. The molecule has 2 amide bonds. The van der Waals surface area contributed by atoms with Gasteiger partial charge in [-0.2, -0.15) is 0 Å². The second-order valence-electron chi connectivity index (χ2n) is 7.37. The lowest BCUT2D eigenvalue weighted by molar-refractivity contribution is -0.122. The highest BCUT2D eigenvalue weighted by Gasteiger charge is 2.35. The summed E-state index contributed by atoms with van der Waals surface area (Å²) in [6, 6.07) is 14.3. The number of ether oxygens (including phenoxy) is 1. The Balaban J connectivity index is 1.50. The third-order valence-corrected chi connectivity index (χ3v) is 5.46. The maximum absolute atomic E-state index is 12.8. The molecule has 0 radical (unpaired) electrons. The van der Waals surface area contributed by atoms with Gasteiger partial charge >= 0.3 is 0 Å². The Labute approximate surface area is 173 Å². The molecule has 2 aromatic carbocycles. The molecule has 0 bridgehead atoms. The van der Waals surface area contributed by atoms with E-state index in [2.05, 4.69) is 10.3 Å². The molecule has 4 rings (SSSR count). The third kappa shape index (κ3) is 3.78. The first-order chi connectivity index (χ1) is 14.5. The van der Waals surface area contributed by atoms with E-state index in [1.54, 1.807) is 36.3 Å². The molecule has 0 spiro atoms. The monoisotopic (exact) mass is 405 g/mol. The highest BCUT2D eigenvalue weighted by atomic mass is 16.5. The van der Waals surface area contributed by atoms with Crippen LogP contribution in [0.25, 0.3) is 10.9 Å². The van der Waals surface area contributed by atoms with Crippen LogP contribution in [0, 0.1) is 5.92 Å². The zero-order valence-electron chi connectivity index (χ0n) is 16.9. The van der Waals surface area contributed by atoms with Crippen molar-refractivity contribution in [3.05, 3.63) is 64.4 Å². The summed E-state index contributed by atoms with van der Waals surface area (Å²) < 4.78 is 5.15. The van der Waals surface area contributed by atoms with E-state index in [0.29, 0.717) is 23.5 Å². The van der Waals surface area contributed by atoms with Crippen molar-refractivity contribution in [2.75, 3.05) is 23.9 Å². The Hall–Kier alpha value is -3.61. The first kappa shape index (κ1) is 19.7. The standard InChI is InChI=1S/C23H23N3O4/c1-3-14-10-21(27)25-20-12-16(4-9-19(14)20)24-23(29)15-11-22(28)26(13-15)17-5-7-18(30-2)8-6-17/h4-10,12,15H,3,11,13H2,1-2H3,(H,24,29)(H,25,27). The van der Waals surface area contributed by atoms with Gasteiger partial charge in [0.15, 0.2) is 0 Å². The number of nitrogens with zero attached hydrogens (tertiary/aromatic N) is 1. The van der Waals surface area contributed by atoms with E-state index in [0.717, 1.165) is 23.1 Å². The Morgan fingerprint density at radius 2 is 1.93 bits per heavy atom. The van der Waals surface area contributed by atoms with Crippen LogP contribution in [-0.2, 0) is 16.0 Å². The second kappa shape index (κ2) is 8.02. The number of aromatic nitrogens is 1. The number of carbonyl (C=O) groups is 2. The lowest BCUT2D eigenvalue weighted by Crippen LogP contribution is -2.28. The van der Waals surface area contributed by atoms with Crippen molar-refractivity contribution in [2.24, 2.45) is 5.92 Å². The minimum atomic E-state index is -0.448. The number of H-pyrrole nitrogens is 1. The van der Waals surface area contributed by atoms with Crippen molar-refractivity contribution in [2.45, 2.75) is 19.8 Å². The summed E-state index contributed by atoms with van der Waals surface area (Å²) in [4.78, 5) is 41.5. The summed E-state index contributed by atoms with van der Waals surface area (Å²) in [6.45, 7) is 2.32. The maximum atomic E-state index is 12.8. The summed E-state index contributed by atoms with van der Waals surface area (Å²) in [5.74, 6) is -0.0416. The summed E-state index contributed by atoms with van der Waals surface area (Å²) in [5, 5.41) is 3.84. The number of benzene rings is 2. The molecular weight excluding hydrogens is 382 g/mol. The van der Waals surface area contributed by atoms with Crippen molar-refractivity contribution in [1.82, 2.24) is 4.98 Å². The number of hydrogen-bond donors (Lipinski definition) is 2. The zero-order valence-corrected chi connectivity index (χ0v) is 16.9. The number of hydrogen-bond acceptors (Lipinski definition) is 4. The predicted molar refractivity (Wildman–Crippen MR) is 116 cm³/mol. The molecule has 1 fully saturated rings. The first-order valence-corrected chi connectivity index (χ1v) is 9.89. The van der Waals surface area contributed by atoms with E-state index in [1.165, 1.54) is 0 Å². The van der Waals surface area contributed by atoms with Gasteiger partial charge in [-0.15, -0.1) is 0 Å². The average molecular weight is 405 g/mol. The third-order valence-electron chi connectivity index (χ3n) is 5.46. The van der Waals surface area contributed by atoms with Crippen LogP contribution in [0.15, 0.2) is 53.3 Å². The minimum Gasteiger partial charge on any atom is -0.497 e. The van der Waals surface area contributed by atoms with Crippen LogP contribution in [0.4, 0.5) is 11.4 Å². The molecule has 7 heteroatoms. The van der Waals surface area contributed by atoms with Gasteiger partial charge < -0.3 is 19.9 Å². The SMILES string of the molecule is CCc1cc(=O)[nH]c2cc(NC(=O)C3CC(=O)N(c4ccc(OC)cc4)C3)ccc12. The van der Waals surface area contributed by atoms with Gasteiger partial charge in [-0.3, -0.25) is 14.4 Å². The Bertz CT molecular complexity index is 1170. The largest absolute Gasteiger partial charge is 0.497 e. The lowest BCUT2D eigenvalue weighted by Gasteiger charge is -2.17. The molecule has 3 aromatic rings. The second-order valence-corrected chi connectivity index (χ2v) is 7.37. The molecule has 2 heterocycles. The molecule has 154 valence electrons. The van der Waals surface area contributed by atoms with Crippen LogP contribution in [0.1, 0.15) is 18.9 Å². The van der Waals surface area contributed by atoms with Gasteiger partial charge in [0, 0.05) is 35.8 Å². The molecule has 1 unspecified atom stereocenters. The van der Waals surface area contributed by atoms with E-state index >= 15 is 0 Å². The van der Waals surface area contributed by atoms with Crippen LogP contribution in [0.5, 0.6) is 5.75 Å². The topological polar surface area (TPSA) is 91.5 Å². The molecule has 0 aliphatic carbocycles. The van der Waals surface area contributed by atoms with E-state index in [-0.39, 0.29) is 23.8 Å². The molecule has 0 saturated carbocycles. The summed E-state index contributed by atoms with van der Waals surface area (Å²) >= 11 is 0. The number of fused-ring (bicyclic) bond motifs is 1. The number of amides is 2. The van der Waals surface area contributed by atoms with Crippen molar-refractivity contribution < 1.29 is 14.3 Å². The van der Waals surface area contributed by atoms with Crippen LogP contribution in [0.3, 0.4) is 0 Å². The van der Waals surface area contributed by atoms with Gasteiger partial charge in [-0.1, -0.05) is 13.0 Å². The highest BCUT2D eigenvalue weighted by Crippen LogP contribution is 2.28. The lowest BCUT2D eigenvalue weighted by atomic mass is 10.1. The summed E-state index contributed by atoms with van der Waals surface area (Å²) in [5.41, 5.74) is 2.81. The quantitative estimate of drug-likeness (QED) is 0.682. The number of aromatic amines is 1. The van der Waals surface area contributed by atoms with Crippen molar-refractivity contribution >= 4 is 34.1 Å². The highest BCUT2D eigenvalue weighted by molar-refractivity contribution is 6.04. The number of anilines is 2. The van der Waals surface area contributed by atoms with Gasteiger partial charge in [-0.05, 0) is 48.4 Å². The molecule has 7 nitrogen and oxygen atoms in total. The molecule has 30 heavy (non-hydrogen) atoms. The Morgan fingerprint density at radius 3 is 2.63 bits per heavy atom. The molecule has 1 atom stereocenters. The smallest absolute Gasteiger partial charge is 0.248 e. The molecule has 1 saturated heterocycles. The van der Waals surface area contributed by atoms with E-state index < -0.39 is 5.92 Å². The summed E-state index contributed by atoms with van der Waals surface area (Å²) in [6.07, 6.45) is 0.903. The Morgan fingerprint density at radius 1 is 1.17 bits per heavy atom. The van der Waals surface area contributed by atoms with Gasteiger partial charge in [0.1, 0.15) is 5.75 Å². The fourth-order valence-corrected chi connectivity index (χ4v) is 3.84. The van der Waals surface area contributed by atoms with Gasteiger partial charge in [0.2, 0.25) is 17.4 Å². The van der Waals surface area contributed by atoms with Crippen LogP contribution in [0.2, 0.25) is 0 Å². The zero-order chi connectivity index (χ0) is 21.3. The molecular formula is C23H23N3O4. The Kier molecular flexibility index (Phi) is 5.27. The molecule has 1 aliphatic heterocycles. The molecule has 1 aliphatic rings. The van der Waals surface area contributed by atoms with Crippen molar-refractivity contribution in [3.8, 4) is 5.75 Å². The predicted octanol–water partition coefficient (Wildman–Crippen LogP) is 3.09. The number of methoxy groups -OCH3 is 1.